The van der Waals surface area contributed by atoms with Crippen LogP contribution >= 0.6 is 0 Å². The quantitative estimate of drug-likeness (QED) is 0.754. The molecule has 1 spiro atoms. The Bertz CT molecular complexity index is 477. The van der Waals surface area contributed by atoms with Gasteiger partial charge in [-0.3, -0.25) is 0 Å². The topological polar surface area (TPSA) is 59.1 Å². The Morgan fingerprint density at radius 2 is 2.14 bits per heavy atom. The summed E-state index contributed by atoms with van der Waals surface area (Å²) in [5, 5.41) is 0. The monoisotopic (exact) mass is 318 g/mol. The summed E-state index contributed by atoms with van der Waals surface area (Å²) in [7, 11) is -0.197. The van der Waals surface area contributed by atoms with Crippen molar-refractivity contribution in [2.24, 2.45) is 5.92 Å². The summed E-state index contributed by atoms with van der Waals surface area (Å²) < 4.78 is 39.3. The first-order valence-electron chi connectivity index (χ1n) is 7.84. The van der Waals surface area contributed by atoms with Crippen LogP contribution in [0, 0.1) is 5.92 Å². The van der Waals surface area contributed by atoms with Crippen LogP contribution in [0.2, 0.25) is 0 Å². The second-order valence-electron chi connectivity index (χ2n) is 6.82. The molecule has 2 atom stereocenters. The first-order chi connectivity index (χ1) is 9.91. The van der Waals surface area contributed by atoms with Crippen molar-refractivity contribution in [3.05, 3.63) is 0 Å². The molecule has 0 aromatic heterocycles. The molecular weight excluding hydrogens is 292 g/mol. The standard InChI is InChI=1S/C14H26N2O4S/c1-15(2)21(17,18)16-7-3-6-14(11-16)8-13(10-20-14)19-9-12-4-5-12/h12-13H,3-11H2,1-2H3/t13-,14-/m0/s1. The van der Waals surface area contributed by atoms with E-state index in [1.807, 2.05) is 0 Å². The molecular formula is C14H26N2O4S. The van der Waals surface area contributed by atoms with Crippen molar-refractivity contribution in [2.75, 3.05) is 40.4 Å². The fourth-order valence-electron chi connectivity index (χ4n) is 3.24. The average Bonchev–Trinajstić information content (AvgIpc) is 3.20. The number of rotatable bonds is 5. The predicted molar refractivity (Wildman–Crippen MR) is 79.2 cm³/mol. The van der Waals surface area contributed by atoms with Gasteiger partial charge in [-0.05, 0) is 31.6 Å². The molecule has 122 valence electrons. The highest BCUT2D eigenvalue weighted by atomic mass is 32.2. The van der Waals surface area contributed by atoms with Crippen LogP contribution in [0.1, 0.15) is 32.1 Å². The summed E-state index contributed by atoms with van der Waals surface area (Å²) in [4.78, 5) is 0. The Hall–Kier alpha value is -0.210. The molecule has 3 rings (SSSR count). The zero-order valence-electron chi connectivity index (χ0n) is 13.0. The molecule has 0 bridgehead atoms. The number of hydrogen-bond donors (Lipinski definition) is 0. The zero-order valence-corrected chi connectivity index (χ0v) is 13.8. The third-order valence-corrected chi connectivity index (χ3v) is 6.62. The molecule has 1 saturated carbocycles. The largest absolute Gasteiger partial charge is 0.375 e. The molecule has 21 heavy (non-hydrogen) atoms. The maximum atomic E-state index is 12.3. The van der Waals surface area contributed by atoms with Crippen molar-refractivity contribution >= 4 is 10.2 Å². The van der Waals surface area contributed by atoms with Crippen molar-refractivity contribution in [2.45, 2.75) is 43.8 Å². The fourth-order valence-corrected chi connectivity index (χ4v) is 4.46. The maximum Gasteiger partial charge on any atom is 0.281 e. The molecule has 0 aromatic rings. The van der Waals surface area contributed by atoms with Crippen molar-refractivity contribution in [3.8, 4) is 0 Å². The molecule has 6 nitrogen and oxygen atoms in total. The van der Waals surface area contributed by atoms with E-state index in [0.717, 1.165) is 31.8 Å². The van der Waals surface area contributed by atoms with Crippen molar-refractivity contribution in [1.82, 2.24) is 8.61 Å². The van der Waals surface area contributed by atoms with E-state index in [4.69, 9.17) is 9.47 Å². The summed E-state index contributed by atoms with van der Waals surface area (Å²) in [6.07, 6.45) is 5.30. The van der Waals surface area contributed by atoms with Gasteiger partial charge in [-0.1, -0.05) is 0 Å². The first kappa shape index (κ1) is 15.7. The summed E-state index contributed by atoms with van der Waals surface area (Å²) >= 11 is 0. The second kappa shape index (κ2) is 5.77. The lowest BCUT2D eigenvalue weighted by atomic mass is 9.90. The van der Waals surface area contributed by atoms with Gasteiger partial charge in [0.25, 0.3) is 10.2 Å². The minimum Gasteiger partial charge on any atom is -0.375 e. The molecule has 2 saturated heterocycles. The highest BCUT2D eigenvalue weighted by Gasteiger charge is 2.46. The summed E-state index contributed by atoms with van der Waals surface area (Å²) in [6, 6.07) is 0. The van der Waals surface area contributed by atoms with E-state index in [1.54, 1.807) is 18.4 Å². The van der Waals surface area contributed by atoms with Crippen LogP contribution < -0.4 is 0 Å². The molecule has 1 aliphatic carbocycles. The van der Waals surface area contributed by atoms with Gasteiger partial charge in [0.1, 0.15) is 0 Å². The zero-order chi connectivity index (χ0) is 15.1. The molecule has 3 fully saturated rings. The first-order valence-corrected chi connectivity index (χ1v) is 9.24. The van der Waals surface area contributed by atoms with Gasteiger partial charge in [0.2, 0.25) is 0 Å². The predicted octanol–water partition coefficient (Wildman–Crippen LogP) is 0.843. The molecule has 0 N–H and O–H groups in total. The minimum atomic E-state index is -3.35. The highest BCUT2D eigenvalue weighted by Crippen LogP contribution is 2.38. The third kappa shape index (κ3) is 3.42. The minimum absolute atomic E-state index is 0.132. The van der Waals surface area contributed by atoms with Gasteiger partial charge in [0.15, 0.2) is 0 Å². The Balaban J connectivity index is 1.60. The molecule has 7 heteroatoms. The van der Waals surface area contributed by atoms with Gasteiger partial charge in [0.05, 0.1) is 18.3 Å². The van der Waals surface area contributed by atoms with Gasteiger partial charge in [-0.2, -0.15) is 17.0 Å². The van der Waals surface area contributed by atoms with Crippen LogP contribution in [-0.4, -0.2) is 69.1 Å². The van der Waals surface area contributed by atoms with E-state index in [1.165, 1.54) is 17.1 Å². The Kier molecular flexibility index (Phi) is 4.31. The summed E-state index contributed by atoms with van der Waals surface area (Å²) in [6.45, 7) is 2.47. The van der Waals surface area contributed by atoms with E-state index < -0.39 is 10.2 Å². The summed E-state index contributed by atoms with van der Waals surface area (Å²) in [5.74, 6) is 0.749. The smallest absolute Gasteiger partial charge is 0.281 e. The van der Waals surface area contributed by atoms with Crippen LogP contribution in [0.4, 0.5) is 0 Å². The van der Waals surface area contributed by atoms with E-state index in [0.29, 0.717) is 19.7 Å². The van der Waals surface area contributed by atoms with Crippen molar-refractivity contribution in [1.29, 1.82) is 0 Å². The normalized spacial score (nSPS) is 34.9. The summed E-state index contributed by atoms with van der Waals surface area (Å²) in [5.41, 5.74) is -0.338. The van der Waals surface area contributed by atoms with Gasteiger partial charge in [-0.15, -0.1) is 0 Å². The van der Waals surface area contributed by atoms with E-state index >= 15 is 0 Å². The van der Waals surface area contributed by atoms with Gasteiger partial charge < -0.3 is 9.47 Å². The van der Waals surface area contributed by atoms with E-state index in [2.05, 4.69) is 0 Å². The lowest BCUT2D eigenvalue weighted by Gasteiger charge is -2.39. The van der Waals surface area contributed by atoms with E-state index in [-0.39, 0.29) is 11.7 Å². The molecule has 0 radical (unpaired) electrons. The number of piperidine rings is 1. The SMILES string of the molecule is CN(C)S(=O)(=O)N1CCC[C@]2(C[C@H](OCC3CC3)CO2)C1. The Morgan fingerprint density at radius 1 is 1.38 bits per heavy atom. The van der Waals surface area contributed by atoms with Crippen LogP contribution in [0.15, 0.2) is 0 Å². The molecule has 0 unspecified atom stereocenters. The van der Waals surface area contributed by atoms with Crippen LogP contribution in [0.25, 0.3) is 0 Å². The van der Waals surface area contributed by atoms with Gasteiger partial charge in [-0.25, -0.2) is 0 Å². The lowest BCUT2D eigenvalue weighted by molar-refractivity contribution is -0.0364. The van der Waals surface area contributed by atoms with Crippen molar-refractivity contribution in [3.63, 3.8) is 0 Å². The number of ether oxygens (including phenoxy) is 2. The average molecular weight is 318 g/mol. The molecule has 0 aromatic carbocycles. The number of nitrogens with zero attached hydrogens (tertiary/aromatic N) is 2. The number of hydrogen-bond acceptors (Lipinski definition) is 4. The molecule has 0 amide bonds. The van der Waals surface area contributed by atoms with Crippen molar-refractivity contribution < 1.29 is 17.9 Å². The lowest BCUT2D eigenvalue weighted by Crippen LogP contribution is -2.52. The van der Waals surface area contributed by atoms with Gasteiger partial charge >= 0.3 is 0 Å². The highest BCUT2D eigenvalue weighted by molar-refractivity contribution is 7.86. The second-order valence-corrected chi connectivity index (χ2v) is 8.97. The van der Waals surface area contributed by atoms with Gasteiger partial charge in [0, 0.05) is 40.2 Å². The molecule has 2 aliphatic heterocycles. The molecule has 3 aliphatic rings. The van der Waals surface area contributed by atoms with Crippen LogP contribution in [0.5, 0.6) is 0 Å². The van der Waals surface area contributed by atoms with Crippen LogP contribution in [0.3, 0.4) is 0 Å². The fraction of sp³-hybridized carbons (Fsp3) is 1.00. The van der Waals surface area contributed by atoms with Crippen LogP contribution in [-0.2, 0) is 19.7 Å². The Labute approximate surface area is 127 Å². The van der Waals surface area contributed by atoms with E-state index in [9.17, 15) is 8.42 Å². The third-order valence-electron chi connectivity index (χ3n) is 4.73. The maximum absolute atomic E-state index is 12.3. The Morgan fingerprint density at radius 3 is 2.81 bits per heavy atom. The molecule has 2 heterocycles.